The summed E-state index contributed by atoms with van der Waals surface area (Å²) in [6.45, 7) is 1.58. The van der Waals surface area contributed by atoms with Gasteiger partial charge in [-0.2, -0.15) is 0 Å². The van der Waals surface area contributed by atoms with Crippen molar-refractivity contribution in [3.8, 4) is 0 Å². The van der Waals surface area contributed by atoms with Crippen LogP contribution in [0, 0.1) is 0 Å². The van der Waals surface area contributed by atoms with Gasteiger partial charge in [-0.05, 0) is 13.0 Å². The monoisotopic (exact) mass is 225 g/mol. The molecule has 0 bridgehead atoms. The van der Waals surface area contributed by atoms with E-state index in [0.29, 0.717) is 5.56 Å². The second kappa shape index (κ2) is 3.20. The van der Waals surface area contributed by atoms with Crippen molar-refractivity contribution < 1.29 is 9.59 Å². The Bertz CT molecular complexity index is 449. The summed E-state index contributed by atoms with van der Waals surface area (Å²) >= 11 is 5.86. The van der Waals surface area contributed by atoms with E-state index >= 15 is 0 Å². The number of halogens is 1. The fraction of sp³-hybridized carbons (Fsp3) is 0.222. The van der Waals surface area contributed by atoms with Crippen molar-refractivity contribution in [3.05, 3.63) is 29.0 Å². The smallest absolute Gasteiger partial charge is 0.319 e. The summed E-state index contributed by atoms with van der Waals surface area (Å²) in [5, 5.41) is 4.88. The van der Waals surface area contributed by atoms with Crippen molar-refractivity contribution in [2.24, 2.45) is 0 Å². The predicted molar refractivity (Wildman–Crippen MR) is 53.3 cm³/mol. The maximum atomic E-state index is 11.6. The number of aromatic nitrogens is 1. The number of hydrogen-bond donors (Lipinski definition) is 2. The molecule has 0 radical (unpaired) electrons. The van der Waals surface area contributed by atoms with Crippen LogP contribution >= 0.6 is 11.6 Å². The molecule has 2 rings (SSSR count). The van der Waals surface area contributed by atoms with E-state index in [1.54, 1.807) is 19.1 Å². The third-order valence-corrected chi connectivity index (χ3v) is 2.64. The number of pyridine rings is 1. The molecule has 15 heavy (non-hydrogen) atoms. The number of nitrogens with zero attached hydrogens (tertiary/aromatic N) is 1. The number of urea groups is 1. The quantitative estimate of drug-likeness (QED) is 0.548. The Kier molecular flexibility index (Phi) is 2.12. The molecule has 1 aliphatic heterocycles. The largest absolute Gasteiger partial charge is 0.322 e. The van der Waals surface area contributed by atoms with Crippen LogP contribution in [0.5, 0.6) is 0 Å². The van der Waals surface area contributed by atoms with E-state index < -0.39 is 17.5 Å². The van der Waals surface area contributed by atoms with Gasteiger partial charge in [0, 0.05) is 11.8 Å². The molecule has 0 aliphatic carbocycles. The zero-order valence-corrected chi connectivity index (χ0v) is 8.63. The SMILES string of the molecule is CC1(c2cccnc2Cl)NC(=O)NC1=O. The summed E-state index contributed by atoms with van der Waals surface area (Å²) in [6.07, 6.45) is 1.52. The predicted octanol–water partition coefficient (Wildman–Crippen LogP) is 0.790. The number of hydrogen-bond acceptors (Lipinski definition) is 3. The van der Waals surface area contributed by atoms with Gasteiger partial charge in [0.1, 0.15) is 10.7 Å². The van der Waals surface area contributed by atoms with Crippen molar-refractivity contribution in [1.82, 2.24) is 15.6 Å². The normalized spacial score (nSPS) is 24.9. The maximum Gasteiger partial charge on any atom is 0.322 e. The molecule has 1 atom stereocenters. The number of amides is 3. The number of nitrogens with one attached hydrogen (secondary N) is 2. The Morgan fingerprint density at radius 2 is 2.20 bits per heavy atom. The molecule has 2 heterocycles. The molecule has 0 aromatic carbocycles. The Balaban J connectivity index is 2.51. The van der Waals surface area contributed by atoms with E-state index in [1.165, 1.54) is 6.20 Å². The average Bonchev–Trinajstić information content (AvgIpc) is 2.42. The number of carbonyl (C=O) groups excluding carboxylic acids is 2. The minimum absolute atomic E-state index is 0.206. The van der Waals surface area contributed by atoms with Gasteiger partial charge in [-0.3, -0.25) is 10.1 Å². The fourth-order valence-corrected chi connectivity index (χ4v) is 1.80. The summed E-state index contributed by atoms with van der Waals surface area (Å²) < 4.78 is 0. The highest BCUT2D eigenvalue weighted by molar-refractivity contribution is 6.30. The van der Waals surface area contributed by atoms with Gasteiger partial charge in [-0.25, -0.2) is 9.78 Å². The standard InChI is InChI=1S/C9H8ClN3O2/c1-9(7(14)12-8(15)13-9)5-3-2-4-11-6(5)10/h2-4H,1H3,(H2,12,13,14,15). The summed E-state index contributed by atoms with van der Waals surface area (Å²) in [5.41, 5.74) is -0.655. The lowest BCUT2D eigenvalue weighted by Crippen LogP contribution is -2.40. The van der Waals surface area contributed by atoms with Crippen LogP contribution in [0.3, 0.4) is 0 Å². The molecule has 2 N–H and O–H groups in total. The lowest BCUT2D eigenvalue weighted by atomic mass is 9.94. The minimum Gasteiger partial charge on any atom is -0.319 e. The zero-order chi connectivity index (χ0) is 11.1. The molecular weight excluding hydrogens is 218 g/mol. The molecular formula is C9H8ClN3O2. The van der Waals surface area contributed by atoms with E-state index in [2.05, 4.69) is 15.6 Å². The van der Waals surface area contributed by atoms with Crippen LogP contribution in [0.2, 0.25) is 5.15 Å². The van der Waals surface area contributed by atoms with E-state index in [4.69, 9.17) is 11.6 Å². The fourth-order valence-electron chi connectivity index (χ4n) is 1.49. The topological polar surface area (TPSA) is 71.1 Å². The molecule has 1 saturated heterocycles. The van der Waals surface area contributed by atoms with Crippen LogP contribution in [-0.2, 0) is 10.3 Å². The molecule has 1 fully saturated rings. The van der Waals surface area contributed by atoms with Crippen molar-refractivity contribution in [2.45, 2.75) is 12.5 Å². The van der Waals surface area contributed by atoms with Crippen LogP contribution in [0.15, 0.2) is 18.3 Å². The van der Waals surface area contributed by atoms with Crippen molar-refractivity contribution >= 4 is 23.5 Å². The van der Waals surface area contributed by atoms with Crippen LogP contribution in [-0.4, -0.2) is 16.9 Å². The molecule has 1 unspecified atom stereocenters. The van der Waals surface area contributed by atoms with Crippen LogP contribution in [0.4, 0.5) is 4.79 Å². The Labute approximate surface area is 90.8 Å². The van der Waals surface area contributed by atoms with Gasteiger partial charge >= 0.3 is 6.03 Å². The van der Waals surface area contributed by atoms with Gasteiger partial charge in [-0.15, -0.1) is 0 Å². The molecule has 0 saturated carbocycles. The molecule has 6 heteroatoms. The molecule has 1 aromatic rings. The highest BCUT2D eigenvalue weighted by Crippen LogP contribution is 2.28. The lowest BCUT2D eigenvalue weighted by Gasteiger charge is -2.21. The Hall–Kier alpha value is -1.62. The second-order valence-corrected chi connectivity index (χ2v) is 3.73. The first kappa shape index (κ1) is 9.92. The van der Waals surface area contributed by atoms with Crippen LogP contribution < -0.4 is 10.6 Å². The van der Waals surface area contributed by atoms with E-state index in [1.807, 2.05) is 0 Å². The van der Waals surface area contributed by atoms with Crippen molar-refractivity contribution in [1.29, 1.82) is 0 Å². The molecule has 1 aliphatic rings. The van der Waals surface area contributed by atoms with Gasteiger partial charge in [-0.1, -0.05) is 17.7 Å². The first-order chi connectivity index (χ1) is 7.04. The maximum absolute atomic E-state index is 11.6. The third-order valence-electron chi connectivity index (χ3n) is 2.34. The highest BCUT2D eigenvalue weighted by atomic mass is 35.5. The third kappa shape index (κ3) is 1.45. The van der Waals surface area contributed by atoms with E-state index in [9.17, 15) is 9.59 Å². The second-order valence-electron chi connectivity index (χ2n) is 3.38. The first-order valence-corrected chi connectivity index (χ1v) is 4.66. The zero-order valence-electron chi connectivity index (χ0n) is 7.87. The van der Waals surface area contributed by atoms with Crippen molar-refractivity contribution in [2.75, 3.05) is 0 Å². The molecule has 78 valence electrons. The minimum atomic E-state index is -1.14. The Morgan fingerprint density at radius 3 is 2.73 bits per heavy atom. The molecule has 0 spiro atoms. The summed E-state index contributed by atoms with van der Waals surface area (Å²) in [7, 11) is 0. The van der Waals surface area contributed by atoms with Crippen LogP contribution in [0.25, 0.3) is 0 Å². The van der Waals surface area contributed by atoms with Gasteiger partial charge in [0.2, 0.25) is 0 Å². The number of imide groups is 1. The Morgan fingerprint density at radius 1 is 1.47 bits per heavy atom. The van der Waals surface area contributed by atoms with E-state index in [-0.39, 0.29) is 5.15 Å². The van der Waals surface area contributed by atoms with Crippen LogP contribution in [0.1, 0.15) is 12.5 Å². The summed E-state index contributed by atoms with van der Waals surface area (Å²) in [5.74, 6) is -0.428. The summed E-state index contributed by atoms with van der Waals surface area (Å²) in [6, 6.07) is 2.78. The van der Waals surface area contributed by atoms with Gasteiger partial charge in [0.05, 0.1) is 0 Å². The summed E-state index contributed by atoms with van der Waals surface area (Å²) in [4.78, 5) is 26.5. The van der Waals surface area contributed by atoms with Gasteiger partial charge in [0.25, 0.3) is 5.91 Å². The molecule has 3 amide bonds. The molecule has 1 aromatic heterocycles. The highest BCUT2D eigenvalue weighted by Gasteiger charge is 2.44. The van der Waals surface area contributed by atoms with Crippen molar-refractivity contribution in [3.63, 3.8) is 0 Å². The molecule has 5 nitrogen and oxygen atoms in total. The average molecular weight is 226 g/mol. The number of carbonyl (C=O) groups is 2. The first-order valence-electron chi connectivity index (χ1n) is 4.28. The lowest BCUT2D eigenvalue weighted by molar-refractivity contribution is -0.123. The number of rotatable bonds is 1. The van der Waals surface area contributed by atoms with E-state index in [0.717, 1.165) is 0 Å². The van der Waals surface area contributed by atoms with Gasteiger partial charge < -0.3 is 5.32 Å². The van der Waals surface area contributed by atoms with Gasteiger partial charge in [0.15, 0.2) is 0 Å².